The molecular weight excluding hydrogens is 321 g/mol. The molecule has 0 aliphatic heterocycles. The fourth-order valence-corrected chi connectivity index (χ4v) is 2.15. The van der Waals surface area contributed by atoms with Gasteiger partial charge in [0.05, 0.1) is 0 Å². The average Bonchev–Trinajstić information content (AvgIpc) is 2.55. The minimum Gasteiger partial charge on any atom is -0.350 e. The number of nitrogens with one attached hydrogen (secondary N) is 2. The van der Waals surface area contributed by atoms with Crippen LogP contribution in [0.4, 0.5) is 4.39 Å². The summed E-state index contributed by atoms with van der Waals surface area (Å²) in [4.78, 5) is 28.4. The molecule has 0 spiro atoms. The van der Waals surface area contributed by atoms with Crippen LogP contribution in [0.25, 0.3) is 0 Å². The molecule has 0 saturated carbocycles. The molecule has 2 aromatic rings. The van der Waals surface area contributed by atoms with E-state index in [0.29, 0.717) is 13.0 Å². The molecule has 25 heavy (non-hydrogen) atoms. The summed E-state index contributed by atoms with van der Waals surface area (Å²) in [5, 5.41) is 5.56. The van der Waals surface area contributed by atoms with Crippen molar-refractivity contribution in [1.29, 1.82) is 0 Å². The molecule has 0 unspecified atom stereocenters. The van der Waals surface area contributed by atoms with Crippen LogP contribution in [0.2, 0.25) is 0 Å². The zero-order chi connectivity index (χ0) is 18.4. The van der Waals surface area contributed by atoms with Crippen LogP contribution in [0.3, 0.4) is 0 Å². The van der Waals surface area contributed by atoms with Gasteiger partial charge in [-0.05, 0) is 57.0 Å². The molecule has 0 aliphatic rings. The predicted molar refractivity (Wildman–Crippen MR) is 93.9 cm³/mol. The molecule has 0 saturated heterocycles. The van der Waals surface area contributed by atoms with Crippen molar-refractivity contribution in [3.63, 3.8) is 0 Å². The molecule has 0 bridgehead atoms. The summed E-state index contributed by atoms with van der Waals surface area (Å²) in [7, 11) is 0. The Morgan fingerprint density at radius 1 is 1.00 bits per heavy atom. The lowest BCUT2D eigenvalue weighted by molar-refractivity contribution is 0.0914. The molecule has 1 aromatic heterocycles. The standard InChI is InChI=1S/C19H22FN3O2/c1-19(2,3)23-18(25)16-6-4-5-15(22-16)17(24)21-12-11-13-7-9-14(20)10-8-13/h4-10H,11-12H2,1-3H3,(H,21,24)(H,23,25). The van der Waals surface area contributed by atoms with Gasteiger partial charge in [0, 0.05) is 12.1 Å². The van der Waals surface area contributed by atoms with Gasteiger partial charge in [0.1, 0.15) is 17.2 Å². The van der Waals surface area contributed by atoms with Crippen molar-refractivity contribution in [3.05, 3.63) is 65.2 Å². The highest BCUT2D eigenvalue weighted by Gasteiger charge is 2.17. The first-order valence-electron chi connectivity index (χ1n) is 8.07. The summed E-state index contributed by atoms with van der Waals surface area (Å²) in [6, 6.07) is 10.9. The van der Waals surface area contributed by atoms with Crippen molar-refractivity contribution in [2.75, 3.05) is 6.54 Å². The number of hydrogen-bond donors (Lipinski definition) is 2. The Morgan fingerprint density at radius 2 is 1.60 bits per heavy atom. The molecule has 5 nitrogen and oxygen atoms in total. The van der Waals surface area contributed by atoms with Crippen LogP contribution >= 0.6 is 0 Å². The zero-order valence-corrected chi connectivity index (χ0v) is 14.6. The second kappa shape index (κ2) is 7.88. The molecular formula is C19H22FN3O2. The van der Waals surface area contributed by atoms with E-state index in [9.17, 15) is 14.0 Å². The van der Waals surface area contributed by atoms with Gasteiger partial charge in [0.15, 0.2) is 0 Å². The Labute approximate surface area is 146 Å². The number of benzene rings is 1. The second-order valence-electron chi connectivity index (χ2n) is 6.74. The molecule has 1 heterocycles. The topological polar surface area (TPSA) is 71.1 Å². The molecule has 0 fully saturated rings. The summed E-state index contributed by atoms with van der Waals surface area (Å²) < 4.78 is 12.9. The van der Waals surface area contributed by atoms with Crippen molar-refractivity contribution in [2.45, 2.75) is 32.7 Å². The van der Waals surface area contributed by atoms with Crippen molar-refractivity contribution in [1.82, 2.24) is 15.6 Å². The van der Waals surface area contributed by atoms with E-state index in [0.717, 1.165) is 5.56 Å². The van der Waals surface area contributed by atoms with Crippen LogP contribution in [0, 0.1) is 5.82 Å². The van der Waals surface area contributed by atoms with Crippen molar-refractivity contribution < 1.29 is 14.0 Å². The summed E-state index contributed by atoms with van der Waals surface area (Å²) in [5.41, 5.74) is 0.918. The summed E-state index contributed by atoms with van der Waals surface area (Å²) in [6.45, 7) is 6.01. The van der Waals surface area contributed by atoms with Gasteiger partial charge >= 0.3 is 0 Å². The molecule has 0 radical (unpaired) electrons. The highest BCUT2D eigenvalue weighted by atomic mass is 19.1. The maximum absolute atomic E-state index is 12.9. The molecule has 1 aromatic carbocycles. The van der Waals surface area contributed by atoms with Crippen LogP contribution in [-0.4, -0.2) is 28.9 Å². The number of halogens is 1. The fraction of sp³-hybridized carbons (Fsp3) is 0.316. The first-order chi connectivity index (χ1) is 11.7. The third-order valence-corrected chi connectivity index (χ3v) is 3.32. The van der Waals surface area contributed by atoms with Crippen molar-refractivity contribution in [3.8, 4) is 0 Å². The molecule has 0 atom stereocenters. The average molecular weight is 343 g/mol. The van der Waals surface area contributed by atoms with E-state index in [4.69, 9.17) is 0 Å². The van der Waals surface area contributed by atoms with E-state index in [2.05, 4.69) is 15.6 Å². The minimum absolute atomic E-state index is 0.181. The van der Waals surface area contributed by atoms with E-state index in [1.807, 2.05) is 20.8 Å². The molecule has 2 N–H and O–H groups in total. The third kappa shape index (κ3) is 5.99. The third-order valence-electron chi connectivity index (χ3n) is 3.32. The van der Waals surface area contributed by atoms with Gasteiger partial charge in [-0.25, -0.2) is 9.37 Å². The van der Waals surface area contributed by atoms with E-state index in [1.165, 1.54) is 12.1 Å². The SMILES string of the molecule is CC(C)(C)NC(=O)c1cccc(C(=O)NCCc2ccc(F)cc2)n1. The van der Waals surface area contributed by atoms with Crippen molar-refractivity contribution >= 4 is 11.8 Å². The van der Waals surface area contributed by atoms with Crippen LogP contribution in [0.1, 0.15) is 47.3 Å². The Balaban J connectivity index is 1.94. The summed E-state index contributed by atoms with van der Waals surface area (Å²) in [5.74, 6) is -0.969. The fourth-order valence-electron chi connectivity index (χ4n) is 2.15. The Bertz CT molecular complexity index is 752. The Kier molecular flexibility index (Phi) is 5.85. The normalized spacial score (nSPS) is 11.0. The number of hydrogen-bond acceptors (Lipinski definition) is 3. The van der Waals surface area contributed by atoms with E-state index < -0.39 is 0 Å². The van der Waals surface area contributed by atoms with Crippen LogP contribution < -0.4 is 10.6 Å². The van der Waals surface area contributed by atoms with E-state index in [1.54, 1.807) is 30.3 Å². The quantitative estimate of drug-likeness (QED) is 0.877. The minimum atomic E-state index is -0.383. The van der Waals surface area contributed by atoms with Crippen LogP contribution in [-0.2, 0) is 6.42 Å². The molecule has 0 aliphatic carbocycles. The highest BCUT2D eigenvalue weighted by Crippen LogP contribution is 2.05. The Morgan fingerprint density at radius 3 is 2.20 bits per heavy atom. The molecule has 6 heteroatoms. The number of carbonyl (C=O) groups is 2. The van der Waals surface area contributed by atoms with Gasteiger partial charge in [-0.3, -0.25) is 9.59 Å². The van der Waals surface area contributed by atoms with E-state index >= 15 is 0 Å². The van der Waals surface area contributed by atoms with Gasteiger partial charge in [0.25, 0.3) is 11.8 Å². The smallest absolute Gasteiger partial charge is 0.270 e. The molecule has 2 rings (SSSR count). The van der Waals surface area contributed by atoms with Gasteiger partial charge in [0.2, 0.25) is 0 Å². The monoisotopic (exact) mass is 343 g/mol. The van der Waals surface area contributed by atoms with E-state index in [-0.39, 0.29) is 34.6 Å². The zero-order valence-electron chi connectivity index (χ0n) is 14.6. The number of aromatic nitrogens is 1. The van der Waals surface area contributed by atoms with Gasteiger partial charge in [-0.15, -0.1) is 0 Å². The van der Waals surface area contributed by atoms with Crippen molar-refractivity contribution in [2.24, 2.45) is 0 Å². The highest BCUT2D eigenvalue weighted by molar-refractivity contribution is 5.96. The summed E-state index contributed by atoms with van der Waals surface area (Å²) in [6.07, 6.45) is 0.580. The number of nitrogens with zero attached hydrogens (tertiary/aromatic N) is 1. The lowest BCUT2D eigenvalue weighted by atomic mass is 10.1. The number of carbonyl (C=O) groups excluding carboxylic acids is 2. The maximum atomic E-state index is 12.9. The molecule has 132 valence electrons. The first kappa shape index (κ1) is 18.6. The molecule has 2 amide bonds. The lowest BCUT2D eigenvalue weighted by Crippen LogP contribution is -2.41. The summed E-state index contributed by atoms with van der Waals surface area (Å²) >= 11 is 0. The number of pyridine rings is 1. The maximum Gasteiger partial charge on any atom is 0.270 e. The van der Waals surface area contributed by atoms with Gasteiger partial charge < -0.3 is 10.6 Å². The second-order valence-corrected chi connectivity index (χ2v) is 6.74. The van der Waals surface area contributed by atoms with Gasteiger partial charge in [-0.1, -0.05) is 18.2 Å². The largest absolute Gasteiger partial charge is 0.350 e. The number of amides is 2. The lowest BCUT2D eigenvalue weighted by Gasteiger charge is -2.20. The van der Waals surface area contributed by atoms with Gasteiger partial charge in [-0.2, -0.15) is 0 Å². The van der Waals surface area contributed by atoms with Crippen LogP contribution in [0.5, 0.6) is 0 Å². The number of rotatable bonds is 5. The first-order valence-corrected chi connectivity index (χ1v) is 8.07. The van der Waals surface area contributed by atoms with Crippen LogP contribution in [0.15, 0.2) is 42.5 Å². The Hall–Kier alpha value is -2.76. The predicted octanol–water partition coefficient (Wildman–Crippen LogP) is 2.72.